The topological polar surface area (TPSA) is 74.8 Å². The van der Waals surface area contributed by atoms with Crippen molar-refractivity contribution in [2.75, 3.05) is 5.88 Å². The first kappa shape index (κ1) is 8.79. The Morgan fingerprint density at radius 2 is 2.17 bits per heavy atom. The molecule has 0 spiro atoms. The van der Waals surface area contributed by atoms with Crippen LogP contribution in [0, 0.1) is 0 Å². The van der Waals surface area contributed by atoms with Crippen LogP contribution < -0.4 is 5.32 Å². The van der Waals surface area contributed by atoms with Gasteiger partial charge in [-0.15, -0.1) is 0 Å². The normalized spacial score (nSPS) is 9.33. The summed E-state index contributed by atoms with van der Waals surface area (Å²) in [5.74, 6) is 0.201. The number of rotatable bonds is 3. The smallest absolute Gasteiger partial charge is 0.309 e. The van der Waals surface area contributed by atoms with E-state index in [1.807, 2.05) is 0 Å². The van der Waals surface area contributed by atoms with Gasteiger partial charge in [0.2, 0.25) is 0 Å². The van der Waals surface area contributed by atoms with Crippen LogP contribution in [-0.4, -0.2) is 21.9 Å². The SMILES string of the molecule is [O]C(=O)NCSc1ncccn1. The lowest BCUT2D eigenvalue weighted by Crippen LogP contribution is -2.18. The van der Waals surface area contributed by atoms with Gasteiger partial charge in [-0.2, -0.15) is 0 Å². The Bertz CT molecular complexity index is 254. The highest BCUT2D eigenvalue weighted by Crippen LogP contribution is 2.07. The van der Waals surface area contributed by atoms with Gasteiger partial charge in [0.1, 0.15) is 0 Å². The molecule has 1 radical (unpaired) electrons. The molecule has 0 aliphatic carbocycles. The number of amides is 1. The van der Waals surface area contributed by atoms with Crippen LogP contribution in [0.3, 0.4) is 0 Å². The van der Waals surface area contributed by atoms with E-state index in [2.05, 4.69) is 15.3 Å². The zero-order chi connectivity index (χ0) is 8.81. The maximum absolute atomic E-state index is 9.91. The maximum atomic E-state index is 9.91. The number of nitrogens with zero attached hydrogens (tertiary/aromatic N) is 2. The molecule has 1 amide bonds. The van der Waals surface area contributed by atoms with Crippen LogP contribution >= 0.6 is 11.8 Å². The lowest BCUT2D eigenvalue weighted by molar-refractivity contribution is 0.170. The van der Waals surface area contributed by atoms with Crippen molar-refractivity contribution >= 4 is 17.9 Å². The molecule has 0 aliphatic heterocycles. The van der Waals surface area contributed by atoms with Crippen molar-refractivity contribution in [1.82, 2.24) is 15.3 Å². The van der Waals surface area contributed by atoms with Gasteiger partial charge in [-0.3, -0.25) is 0 Å². The summed E-state index contributed by atoms with van der Waals surface area (Å²) >= 11 is 1.19. The summed E-state index contributed by atoms with van der Waals surface area (Å²) in [7, 11) is 0. The highest BCUT2D eigenvalue weighted by atomic mass is 32.2. The lowest BCUT2D eigenvalue weighted by atomic mass is 10.7. The molecule has 1 aromatic heterocycles. The van der Waals surface area contributed by atoms with E-state index in [0.717, 1.165) is 0 Å². The highest BCUT2D eigenvalue weighted by molar-refractivity contribution is 7.99. The van der Waals surface area contributed by atoms with Crippen molar-refractivity contribution in [3.63, 3.8) is 0 Å². The van der Waals surface area contributed by atoms with Crippen molar-refractivity contribution in [3.05, 3.63) is 18.5 Å². The molecular formula is C6H6N3O2S. The van der Waals surface area contributed by atoms with E-state index < -0.39 is 6.09 Å². The molecule has 63 valence electrons. The molecule has 1 N–H and O–H groups in total. The molecule has 1 heterocycles. The summed E-state index contributed by atoms with van der Waals surface area (Å²) in [6.45, 7) is 0. The highest BCUT2D eigenvalue weighted by Gasteiger charge is 1.98. The third kappa shape index (κ3) is 3.20. The van der Waals surface area contributed by atoms with Crippen LogP contribution in [0.15, 0.2) is 23.6 Å². The number of carbonyl (C=O) groups excluding carboxylic acids is 1. The molecule has 0 bridgehead atoms. The van der Waals surface area contributed by atoms with Crippen molar-refractivity contribution in [1.29, 1.82) is 0 Å². The average molecular weight is 184 g/mol. The summed E-state index contributed by atoms with van der Waals surface area (Å²) in [6.07, 6.45) is 1.89. The molecule has 0 fully saturated rings. The van der Waals surface area contributed by atoms with Crippen LogP contribution in [0.5, 0.6) is 0 Å². The second-order valence-corrected chi connectivity index (χ2v) is 2.73. The maximum Gasteiger partial charge on any atom is 0.451 e. The van der Waals surface area contributed by atoms with Crippen LogP contribution in [0.2, 0.25) is 0 Å². The van der Waals surface area contributed by atoms with E-state index in [9.17, 15) is 9.90 Å². The van der Waals surface area contributed by atoms with Crippen molar-refractivity contribution in [3.8, 4) is 0 Å². The summed E-state index contributed by atoms with van der Waals surface area (Å²) < 4.78 is 0. The molecule has 0 unspecified atom stereocenters. The number of hydrogen-bond acceptors (Lipinski definition) is 4. The first-order chi connectivity index (χ1) is 5.79. The lowest BCUT2D eigenvalue weighted by Gasteiger charge is -1.96. The Hall–Kier alpha value is -1.30. The minimum Gasteiger partial charge on any atom is -0.309 e. The quantitative estimate of drug-likeness (QED) is 0.425. The fourth-order valence-corrected chi connectivity index (χ4v) is 1.11. The standard InChI is InChI=1S/C6H6N3O2S/c10-6(11)9-4-12-5-7-2-1-3-8-5/h1-3,9H,4H2. The Labute approximate surface area is 73.2 Å². The Morgan fingerprint density at radius 1 is 1.50 bits per heavy atom. The van der Waals surface area contributed by atoms with E-state index in [-0.39, 0.29) is 5.88 Å². The summed E-state index contributed by atoms with van der Waals surface area (Å²) in [5.41, 5.74) is 0. The van der Waals surface area contributed by atoms with Gasteiger partial charge in [-0.05, 0) is 6.07 Å². The molecule has 0 atom stereocenters. The van der Waals surface area contributed by atoms with Crippen molar-refractivity contribution in [2.24, 2.45) is 0 Å². The average Bonchev–Trinajstić information content (AvgIpc) is 2.05. The number of carbonyl (C=O) groups is 1. The van der Waals surface area contributed by atoms with Gasteiger partial charge < -0.3 is 5.32 Å². The molecule has 12 heavy (non-hydrogen) atoms. The third-order valence-electron chi connectivity index (χ3n) is 0.960. The molecule has 0 saturated heterocycles. The van der Waals surface area contributed by atoms with Gasteiger partial charge in [0.25, 0.3) is 0 Å². The number of nitrogens with one attached hydrogen (secondary N) is 1. The van der Waals surface area contributed by atoms with Gasteiger partial charge >= 0.3 is 6.09 Å². The van der Waals surface area contributed by atoms with Crippen LogP contribution in [0.25, 0.3) is 0 Å². The minimum absolute atomic E-state index is 0.201. The number of thioether (sulfide) groups is 1. The van der Waals surface area contributed by atoms with E-state index >= 15 is 0 Å². The summed E-state index contributed by atoms with van der Waals surface area (Å²) in [6, 6.07) is 1.69. The molecular weight excluding hydrogens is 178 g/mol. The van der Waals surface area contributed by atoms with Gasteiger partial charge in [-0.1, -0.05) is 11.8 Å². The summed E-state index contributed by atoms with van der Waals surface area (Å²) in [4.78, 5) is 17.7. The zero-order valence-electron chi connectivity index (χ0n) is 6.06. The first-order valence-corrected chi connectivity index (χ1v) is 4.12. The number of hydrogen-bond donors (Lipinski definition) is 1. The van der Waals surface area contributed by atoms with E-state index in [0.29, 0.717) is 5.16 Å². The van der Waals surface area contributed by atoms with Gasteiger partial charge in [0.15, 0.2) is 5.16 Å². The fraction of sp³-hybridized carbons (Fsp3) is 0.167. The second kappa shape index (κ2) is 4.55. The van der Waals surface area contributed by atoms with Gasteiger partial charge in [0, 0.05) is 12.4 Å². The number of aromatic nitrogens is 2. The van der Waals surface area contributed by atoms with Gasteiger partial charge in [-0.25, -0.2) is 19.9 Å². The van der Waals surface area contributed by atoms with Crippen molar-refractivity contribution in [2.45, 2.75) is 5.16 Å². The Balaban J connectivity index is 2.29. The Morgan fingerprint density at radius 3 is 2.75 bits per heavy atom. The van der Waals surface area contributed by atoms with Gasteiger partial charge in [0.05, 0.1) is 5.88 Å². The molecule has 6 heteroatoms. The van der Waals surface area contributed by atoms with Crippen LogP contribution in [0.4, 0.5) is 4.79 Å². The monoisotopic (exact) mass is 184 g/mol. The Kier molecular flexibility index (Phi) is 3.34. The predicted molar refractivity (Wildman–Crippen MR) is 42.0 cm³/mol. The van der Waals surface area contributed by atoms with E-state index in [1.54, 1.807) is 18.5 Å². The molecule has 5 nitrogen and oxygen atoms in total. The largest absolute Gasteiger partial charge is 0.451 e. The third-order valence-corrected chi connectivity index (χ3v) is 1.72. The van der Waals surface area contributed by atoms with E-state index in [1.165, 1.54) is 11.8 Å². The molecule has 0 saturated carbocycles. The van der Waals surface area contributed by atoms with E-state index in [4.69, 9.17) is 0 Å². The molecule has 1 aromatic rings. The zero-order valence-corrected chi connectivity index (χ0v) is 6.87. The molecule has 1 rings (SSSR count). The molecule has 0 aliphatic rings. The first-order valence-electron chi connectivity index (χ1n) is 3.13. The van der Waals surface area contributed by atoms with Crippen LogP contribution in [-0.2, 0) is 5.11 Å². The molecule has 0 aromatic carbocycles. The fourth-order valence-electron chi connectivity index (χ4n) is 0.520. The second-order valence-electron chi connectivity index (χ2n) is 1.78. The van der Waals surface area contributed by atoms with Crippen molar-refractivity contribution < 1.29 is 9.90 Å². The summed E-state index contributed by atoms with van der Waals surface area (Å²) in [5, 5.41) is 12.5. The minimum atomic E-state index is -1.29. The van der Waals surface area contributed by atoms with Crippen LogP contribution in [0.1, 0.15) is 0 Å². The predicted octanol–water partition coefficient (Wildman–Crippen LogP) is 0.666.